The summed E-state index contributed by atoms with van der Waals surface area (Å²) in [5.74, 6) is 0. The number of aliphatic hydroxyl groups is 2. The Labute approximate surface area is 118 Å². The fraction of sp³-hybridized carbons (Fsp3) is 0.400. The average Bonchev–Trinajstić information content (AvgIpc) is 2.98. The molecule has 2 rings (SSSR count). The van der Waals surface area contributed by atoms with Crippen LogP contribution in [-0.2, 0) is 0 Å². The Morgan fingerprint density at radius 2 is 1.90 bits per heavy atom. The second kappa shape index (κ2) is 6.17. The van der Waals surface area contributed by atoms with Crippen molar-refractivity contribution < 1.29 is 10.2 Å². The zero-order chi connectivity index (χ0) is 14.6. The van der Waals surface area contributed by atoms with Gasteiger partial charge in [0.25, 0.3) is 0 Å². The predicted octanol–water partition coefficient (Wildman–Crippen LogP) is 1.27. The maximum atomic E-state index is 9.32. The van der Waals surface area contributed by atoms with E-state index < -0.39 is 5.54 Å². The van der Waals surface area contributed by atoms with Crippen molar-refractivity contribution in [3.8, 4) is 5.69 Å². The minimum Gasteiger partial charge on any atom is -0.394 e. The van der Waals surface area contributed by atoms with Crippen LogP contribution in [0.25, 0.3) is 5.69 Å². The van der Waals surface area contributed by atoms with Gasteiger partial charge in [0.2, 0.25) is 0 Å². The van der Waals surface area contributed by atoms with Crippen molar-refractivity contribution in [3.63, 3.8) is 0 Å². The summed E-state index contributed by atoms with van der Waals surface area (Å²) in [4.78, 5) is 0. The molecule has 20 heavy (non-hydrogen) atoms. The van der Waals surface area contributed by atoms with Gasteiger partial charge < -0.3 is 15.5 Å². The molecule has 0 aliphatic heterocycles. The van der Waals surface area contributed by atoms with Gasteiger partial charge in [0.1, 0.15) is 0 Å². The molecule has 2 aromatic rings. The van der Waals surface area contributed by atoms with E-state index in [0.29, 0.717) is 0 Å². The molecule has 5 nitrogen and oxygen atoms in total. The van der Waals surface area contributed by atoms with E-state index in [2.05, 4.69) is 10.4 Å². The third kappa shape index (κ3) is 3.25. The summed E-state index contributed by atoms with van der Waals surface area (Å²) in [7, 11) is 0. The minimum absolute atomic E-state index is 0.0169. The normalized spacial score (nSPS) is 13.4. The molecule has 1 unspecified atom stereocenters. The lowest BCUT2D eigenvalue weighted by Gasteiger charge is -2.29. The predicted molar refractivity (Wildman–Crippen MR) is 77.7 cm³/mol. The summed E-state index contributed by atoms with van der Waals surface area (Å²) in [6.45, 7) is 3.52. The Morgan fingerprint density at radius 1 is 1.25 bits per heavy atom. The Morgan fingerprint density at radius 3 is 2.50 bits per heavy atom. The van der Waals surface area contributed by atoms with Crippen LogP contribution in [0.3, 0.4) is 0 Å². The molecule has 0 aliphatic carbocycles. The molecule has 3 N–H and O–H groups in total. The monoisotopic (exact) mass is 275 g/mol. The van der Waals surface area contributed by atoms with Crippen molar-refractivity contribution >= 4 is 0 Å². The molecule has 1 atom stereocenters. The summed E-state index contributed by atoms with van der Waals surface area (Å²) in [5, 5.41) is 26.2. The molecule has 1 aromatic carbocycles. The fourth-order valence-corrected chi connectivity index (χ4v) is 2.03. The van der Waals surface area contributed by atoms with Gasteiger partial charge in [-0.15, -0.1) is 0 Å². The van der Waals surface area contributed by atoms with Crippen LogP contribution in [0.1, 0.15) is 25.5 Å². The number of aliphatic hydroxyl groups excluding tert-OH is 2. The fourth-order valence-electron chi connectivity index (χ4n) is 2.03. The summed E-state index contributed by atoms with van der Waals surface area (Å²) >= 11 is 0. The maximum absolute atomic E-state index is 9.32. The smallest absolute Gasteiger partial charge is 0.0645 e. The third-order valence-corrected chi connectivity index (χ3v) is 3.39. The van der Waals surface area contributed by atoms with E-state index in [1.165, 1.54) is 0 Å². The van der Waals surface area contributed by atoms with E-state index in [4.69, 9.17) is 0 Å². The van der Waals surface area contributed by atoms with Gasteiger partial charge in [-0.05, 0) is 26.0 Å². The lowest BCUT2D eigenvalue weighted by atomic mass is 10.0. The second-order valence-electron chi connectivity index (χ2n) is 5.30. The van der Waals surface area contributed by atoms with Gasteiger partial charge in [-0.25, -0.2) is 4.68 Å². The summed E-state index contributed by atoms with van der Waals surface area (Å²) in [6, 6.07) is 9.85. The van der Waals surface area contributed by atoms with E-state index in [1.54, 1.807) is 13.1 Å². The van der Waals surface area contributed by atoms with Crippen LogP contribution in [0.2, 0.25) is 0 Å². The highest BCUT2D eigenvalue weighted by atomic mass is 16.3. The number of hydrogen-bond acceptors (Lipinski definition) is 4. The minimum atomic E-state index is -0.700. The molecule has 0 radical (unpaired) electrons. The molecule has 0 amide bonds. The van der Waals surface area contributed by atoms with Crippen molar-refractivity contribution in [2.24, 2.45) is 0 Å². The molecule has 108 valence electrons. The molecule has 0 spiro atoms. The highest BCUT2D eigenvalue weighted by Crippen LogP contribution is 2.17. The Kier molecular flexibility index (Phi) is 4.54. The number of nitrogens with zero attached hydrogens (tertiary/aromatic N) is 2. The highest BCUT2D eigenvalue weighted by molar-refractivity contribution is 5.31. The average molecular weight is 275 g/mol. The second-order valence-corrected chi connectivity index (χ2v) is 5.30. The van der Waals surface area contributed by atoms with Crippen LogP contribution in [0.15, 0.2) is 42.7 Å². The molecular weight excluding hydrogens is 254 g/mol. The van der Waals surface area contributed by atoms with Crippen molar-refractivity contribution in [2.75, 3.05) is 13.2 Å². The van der Waals surface area contributed by atoms with Gasteiger partial charge >= 0.3 is 0 Å². The van der Waals surface area contributed by atoms with Gasteiger partial charge in [-0.1, -0.05) is 18.2 Å². The topological polar surface area (TPSA) is 70.3 Å². The standard InChI is InChI=1S/C15H21N3O2/c1-12(17-15(2,10-19)11-20)13-8-16-18(9-13)14-6-4-3-5-7-14/h3-9,12,17,19-20H,10-11H2,1-2H3. The summed E-state index contributed by atoms with van der Waals surface area (Å²) in [6.07, 6.45) is 3.74. The molecule has 1 heterocycles. The van der Waals surface area contributed by atoms with Crippen LogP contribution in [0, 0.1) is 0 Å². The van der Waals surface area contributed by atoms with E-state index in [9.17, 15) is 10.2 Å². The Bertz CT molecular complexity index is 535. The molecule has 0 bridgehead atoms. The first-order valence-corrected chi connectivity index (χ1v) is 6.67. The molecule has 0 saturated heterocycles. The number of hydrogen-bond donors (Lipinski definition) is 3. The number of rotatable bonds is 6. The maximum Gasteiger partial charge on any atom is 0.0645 e. The van der Waals surface area contributed by atoms with Crippen LogP contribution in [0.4, 0.5) is 0 Å². The van der Waals surface area contributed by atoms with E-state index in [1.807, 2.05) is 48.1 Å². The van der Waals surface area contributed by atoms with Crippen molar-refractivity contribution in [1.82, 2.24) is 15.1 Å². The van der Waals surface area contributed by atoms with E-state index in [0.717, 1.165) is 11.3 Å². The van der Waals surface area contributed by atoms with Crippen LogP contribution >= 0.6 is 0 Å². The molecule has 1 aromatic heterocycles. The first kappa shape index (κ1) is 14.7. The molecule has 0 fully saturated rings. The van der Waals surface area contributed by atoms with Crippen LogP contribution in [0.5, 0.6) is 0 Å². The molecular formula is C15H21N3O2. The zero-order valence-electron chi connectivity index (χ0n) is 11.8. The van der Waals surface area contributed by atoms with Crippen LogP contribution < -0.4 is 5.32 Å². The van der Waals surface area contributed by atoms with E-state index >= 15 is 0 Å². The highest BCUT2D eigenvalue weighted by Gasteiger charge is 2.25. The first-order chi connectivity index (χ1) is 9.58. The van der Waals surface area contributed by atoms with Crippen molar-refractivity contribution in [3.05, 3.63) is 48.3 Å². The number of aromatic nitrogens is 2. The largest absolute Gasteiger partial charge is 0.394 e. The zero-order valence-corrected chi connectivity index (χ0v) is 11.8. The van der Waals surface area contributed by atoms with E-state index in [-0.39, 0.29) is 19.3 Å². The summed E-state index contributed by atoms with van der Waals surface area (Å²) < 4.78 is 1.81. The quantitative estimate of drug-likeness (QED) is 0.742. The first-order valence-electron chi connectivity index (χ1n) is 6.67. The molecule has 0 saturated carbocycles. The SMILES string of the molecule is CC(NC(C)(CO)CO)c1cnn(-c2ccccc2)c1. The van der Waals surface area contributed by atoms with Gasteiger partial charge in [-0.2, -0.15) is 5.10 Å². The molecule has 0 aliphatic rings. The summed E-state index contributed by atoms with van der Waals surface area (Å²) in [5.41, 5.74) is 1.30. The lowest BCUT2D eigenvalue weighted by Crippen LogP contribution is -2.49. The van der Waals surface area contributed by atoms with Crippen LogP contribution in [-0.4, -0.2) is 38.7 Å². The number of nitrogens with one attached hydrogen (secondary N) is 1. The van der Waals surface area contributed by atoms with Crippen molar-refractivity contribution in [2.45, 2.75) is 25.4 Å². The van der Waals surface area contributed by atoms with Gasteiger partial charge in [0, 0.05) is 17.8 Å². The lowest BCUT2D eigenvalue weighted by molar-refractivity contribution is 0.0957. The van der Waals surface area contributed by atoms with Gasteiger partial charge in [-0.3, -0.25) is 0 Å². The Hall–Kier alpha value is -1.69. The number of benzene rings is 1. The van der Waals surface area contributed by atoms with Gasteiger partial charge in [0.15, 0.2) is 0 Å². The Balaban J connectivity index is 2.13. The van der Waals surface area contributed by atoms with Gasteiger partial charge in [0.05, 0.1) is 30.6 Å². The van der Waals surface area contributed by atoms with Crippen molar-refractivity contribution in [1.29, 1.82) is 0 Å². The third-order valence-electron chi connectivity index (χ3n) is 3.39. The number of para-hydroxylation sites is 1. The molecule has 5 heteroatoms.